The number of hydrogen-bond acceptors (Lipinski definition) is 4. The summed E-state index contributed by atoms with van der Waals surface area (Å²) in [5.74, 6) is -1.15. The maximum Gasteiger partial charge on any atom is 0.335 e. The van der Waals surface area contributed by atoms with Crippen molar-refractivity contribution >= 4 is 35.2 Å². The Hall–Kier alpha value is -4.39. The van der Waals surface area contributed by atoms with Crippen LogP contribution in [0.3, 0.4) is 0 Å². The number of aryl methyl sites for hydroxylation is 2. The Morgan fingerprint density at radius 3 is 2.35 bits per heavy atom. The van der Waals surface area contributed by atoms with Crippen molar-refractivity contribution in [2.75, 3.05) is 23.9 Å². The highest BCUT2D eigenvalue weighted by molar-refractivity contribution is 6.08. The number of carbonyl (C=O) groups excluding carboxylic acids is 2. The Morgan fingerprint density at radius 2 is 1.71 bits per heavy atom. The van der Waals surface area contributed by atoms with Crippen LogP contribution < -0.4 is 15.0 Å². The lowest BCUT2D eigenvalue weighted by Gasteiger charge is -2.22. The zero-order valence-electron chi connectivity index (χ0n) is 19.2. The Morgan fingerprint density at radius 1 is 0.971 bits per heavy atom. The summed E-state index contributed by atoms with van der Waals surface area (Å²) in [6, 6.07) is 18.7. The fourth-order valence-electron chi connectivity index (χ4n) is 3.23. The van der Waals surface area contributed by atoms with E-state index in [0.717, 1.165) is 16.7 Å². The molecule has 2 N–H and O–H groups in total. The van der Waals surface area contributed by atoms with Crippen LogP contribution >= 0.6 is 0 Å². The maximum atomic E-state index is 13.1. The van der Waals surface area contributed by atoms with Gasteiger partial charge in [-0.1, -0.05) is 18.2 Å². The number of anilines is 2. The van der Waals surface area contributed by atoms with Crippen molar-refractivity contribution in [2.24, 2.45) is 0 Å². The topological polar surface area (TPSA) is 95.9 Å². The van der Waals surface area contributed by atoms with Gasteiger partial charge in [0.05, 0.1) is 12.7 Å². The van der Waals surface area contributed by atoms with Crippen LogP contribution in [0.5, 0.6) is 5.75 Å². The minimum Gasteiger partial charge on any atom is -0.497 e. The van der Waals surface area contributed by atoms with Crippen LogP contribution in [0.4, 0.5) is 11.4 Å². The van der Waals surface area contributed by atoms with E-state index in [-0.39, 0.29) is 18.0 Å². The summed E-state index contributed by atoms with van der Waals surface area (Å²) in [4.78, 5) is 38.3. The lowest BCUT2D eigenvalue weighted by atomic mass is 10.1. The zero-order valence-corrected chi connectivity index (χ0v) is 19.2. The number of nitrogens with zero attached hydrogens (tertiary/aromatic N) is 1. The van der Waals surface area contributed by atoms with E-state index in [4.69, 9.17) is 9.84 Å². The van der Waals surface area contributed by atoms with Crippen LogP contribution in [0.25, 0.3) is 6.08 Å². The predicted octanol–water partition coefficient (Wildman–Crippen LogP) is 4.70. The van der Waals surface area contributed by atoms with E-state index in [9.17, 15) is 14.4 Å². The Labute approximate surface area is 198 Å². The van der Waals surface area contributed by atoms with Gasteiger partial charge in [0.25, 0.3) is 5.91 Å². The van der Waals surface area contributed by atoms with Crippen molar-refractivity contribution in [2.45, 2.75) is 13.8 Å². The second-order valence-corrected chi connectivity index (χ2v) is 7.73. The fraction of sp³-hybridized carbons (Fsp3) is 0.148. The molecule has 7 heteroatoms. The first kappa shape index (κ1) is 24.3. The number of rotatable bonds is 8. The first-order chi connectivity index (χ1) is 16.3. The van der Waals surface area contributed by atoms with Gasteiger partial charge in [0, 0.05) is 17.5 Å². The molecular weight excluding hydrogens is 432 g/mol. The highest BCUT2D eigenvalue weighted by atomic mass is 16.5. The minimum atomic E-state index is -1.05. The number of nitrogens with one attached hydrogen (secondary N) is 1. The SMILES string of the molecule is COc1cccc(/C=C/C(=O)N(CC(=O)Nc2ccc(C(=O)O)cc2)c2ccc(C)c(C)c2)c1. The highest BCUT2D eigenvalue weighted by Crippen LogP contribution is 2.21. The molecule has 7 nitrogen and oxygen atoms in total. The second-order valence-electron chi connectivity index (χ2n) is 7.73. The molecule has 174 valence electrons. The van der Waals surface area contributed by atoms with Crippen molar-refractivity contribution in [3.05, 3.63) is 95.1 Å². The largest absolute Gasteiger partial charge is 0.497 e. The van der Waals surface area contributed by atoms with E-state index in [2.05, 4.69) is 5.32 Å². The molecule has 0 aliphatic carbocycles. The molecule has 0 spiro atoms. The zero-order chi connectivity index (χ0) is 24.7. The fourth-order valence-corrected chi connectivity index (χ4v) is 3.23. The quantitative estimate of drug-likeness (QED) is 0.477. The van der Waals surface area contributed by atoms with Crippen LogP contribution in [-0.4, -0.2) is 36.5 Å². The van der Waals surface area contributed by atoms with Gasteiger partial charge in [-0.25, -0.2) is 4.79 Å². The normalized spacial score (nSPS) is 10.7. The second kappa shape index (κ2) is 11.0. The van der Waals surface area contributed by atoms with E-state index < -0.39 is 11.9 Å². The maximum absolute atomic E-state index is 13.1. The number of carbonyl (C=O) groups is 3. The summed E-state index contributed by atoms with van der Waals surface area (Å²) >= 11 is 0. The molecular formula is C27H26N2O5. The molecule has 0 bridgehead atoms. The molecule has 0 heterocycles. The third-order valence-corrected chi connectivity index (χ3v) is 5.30. The van der Waals surface area contributed by atoms with Gasteiger partial charge in [-0.2, -0.15) is 0 Å². The number of hydrogen-bond donors (Lipinski definition) is 2. The van der Waals surface area contributed by atoms with Gasteiger partial charge in [-0.05, 0) is 85.1 Å². The minimum absolute atomic E-state index is 0.118. The smallest absolute Gasteiger partial charge is 0.335 e. The molecule has 0 radical (unpaired) electrons. The number of carboxylic acids is 1. The van der Waals surface area contributed by atoms with Crippen LogP contribution in [-0.2, 0) is 9.59 Å². The van der Waals surface area contributed by atoms with E-state index in [1.807, 2.05) is 44.2 Å². The molecule has 0 aliphatic heterocycles. The van der Waals surface area contributed by atoms with E-state index in [1.54, 1.807) is 25.3 Å². The molecule has 0 unspecified atom stereocenters. The molecule has 0 saturated heterocycles. The third-order valence-electron chi connectivity index (χ3n) is 5.30. The standard InChI is InChI=1S/C27H26N2O5/c1-18-7-13-23(15-19(18)2)29(26(31)14-8-20-5-4-6-24(16-20)34-3)17-25(30)28-22-11-9-21(10-12-22)27(32)33/h4-16H,17H2,1-3H3,(H,28,30)(H,32,33)/b14-8+. The van der Waals surface area contributed by atoms with Gasteiger partial charge in [-0.15, -0.1) is 0 Å². The third kappa shape index (κ3) is 6.32. The van der Waals surface area contributed by atoms with E-state index in [0.29, 0.717) is 17.1 Å². The number of aromatic carboxylic acids is 1. The average Bonchev–Trinajstić information content (AvgIpc) is 2.83. The summed E-state index contributed by atoms with van der Waals surface area (Å²) in [6.45, 7) is 3.70. The number of amides is 2. The van der Waals surface area contributed by atoms with Crippen LogP contribution in [0, 0.1) is 13.8 Å². The summed E-state index contributed by atoms with van der Waals surface area (Å²) in [5.41, 5.74) is 4.01. The van der Waals surface area contributed by atoms with Crippen molar-refractivity contribution in [3.8, 4) is 5.75 Å². The predicted molar refractivity (Wildman–Crippen MR) is 132 cm³/mol. The van der Waals surface area contributed by atoms with Gasteiger partial charge in [0.1, 0.15) is 12.3 Å². The molecule has 3 aromatic carbocycles. The lowest BCUT2D eigenvalue weighted by Crippen LogP contribution is -2.37. The first-order valence-electron chi connectivity index (χ1n) is 10.6. The van der Waals surface area contributed by atoms with Gasteiger partial charge >= 0.3 is 5.97 Å². The van der Waals surface area contributed by atoms with Gasteiger partial charge < -0.3 is 15.2 Å². The molecule has 0 fully saturated rings. The van der Waals surface area contributed by atoms with E-state index >= 15 is 0 Å². The summed E-state index contributed by atoms with van der Waals surface area (Å²) in [5, 5.41) is 11.7. The summed E-state index contributed by atoms with van der Waals surface area (Å²) in [6.07, 6.45) is 3.08. The molecule has 0 atom stereocenters. The Balaban J connectivity index is 1.81. The van der Waals surface area contributed by atoms with Crippen molar-refractivity contribution in [3.63, 3.8) is 0 Å². The molecule has 0 aliphatic rings. The lowest BCUT2D eigenvalue weighted by molar-refractivity contribution is -0.119. The molecule has 2 amide bonds. The molecule has 0 saturated carbocycles. The van der Waals surface area contributed by atoms with Crippen LogP contribution in [0.15, 0.2) is 72.8 Å². The number of methoxy groups -OCH3 is 1. The monoisotopic (exact) mass is 458 g/mol. The highest BCUT2D eigenvalue weighted by Gasteiger charge is 2.18. The average molecular weight is 459 g/mol. The molecule has 3 aromatic rings. The van der Waals surface area contributed by atoms with Crippen LogP contribution in [0.1, 0.15) is 27.0 Å². The molecule has 34 heavy (non-hydrogen) atoms. The first-order valence-corrected chi connectivity index (χ1v) is 10.6. The van der Waals surface area contributed by atoms with Gasteiger partial charge in [-0.3, -0.25) is 14.5 Å². The Bertz CT molecular complexity index is 1230. The van der Waals surface area contributed by atoms with Crippen molar-refractivity contribution in [1.29, 1.82) is 0 Å². The van der Waals surface area contributed by atoms with Crippen molar-refractivity contribution in [1.82, 2.24) is 0 Å². The van der Waals surface area contributed by atoms with Crippen molar-refractivity contribution < 1.29 is 24.2 Å². The summed E-state index contributed by atoms with van der Waals surface area (Å²) < 4.78 is 5.22. The number of benzene rings is 3. The molecule has 3 rings (SSSR count). The number of carboxylic acid groups (broad SMARTS) is 1. The van der Waals surface area contributed by atoms with Gasteiger partial charge in [0.15, 0.2) is 0 Å². The summed E-state index contributed by atoms with van der Waals surface area (Å²) in [7, 11) is 1.57. The van der Waals surface area contributed by atoms with Crippen LogP contribution in [0.2, 0.25) is 0 Å². The van der Waals surface area contributed by atoms with E-state index in [1.165, 1.54) is 35.2 Å². The molecule has 0 aromatic heterocycles. The number of ether oxygens (including phenoxy) is 1. The Kier molecular flexibility index (Phi) is 7.82. The van der Waals surface area contributed by atoms with Gasteiger partial charge in [0.2, 0.25) is 5.91 Å².